The SMILES string of the molecule is CC(C)=CC1(O)CC(C)(C)OC1(C)C. The van der Waals surface area contributed by atoms with Crippen LogP contribution < -0.4 is 0 Å². The van der Waals surface area contributed by atoms with Gasteiger partial charge in [0, 0.05) is 6.42 Å². The Morgan fingerprint density at radius 3 is 2.00 bits per heavy atom. The van der Waals surface area contributed by atoms with Gasteiger partial charge in [0.25, 0.3) is 0 Å². The number of ether oxygens (including phenoxy) is 1. The van der Waals surface area contributed by atoms with Crippen molar-refractivity contribution in [3.8, 4) is 0 Å². The van der Waals surface area contributed by atoms with Crippen LogP contribution in [0.25, 0.3) is 0 Å². The average molecular weight is 198 g/mol. The number of allylic oxidation sites excluding steroid dienone is 1. The van der Waals surface area contributed by atoms with Crippen LogP contribution in [0.15, 0.2) is 11.6 Å². The van der Waals surface area contributed by atoms with Gasteiger partial charge < -0.3 is 9.84 Å². The van der Waals surface area contributed by atoms with Crippen molar-refractivity contribution in [1.82, 2.24) is 0 Å². The topological polar surface area (TPSA) is 29.5 Å². The number of rotatable bonds is 1. The first-order valence-corrected chi connectivity index (χ1v) is 5.17. The van der Waals surface area contributed by atoms with Crippen LogP contribution in [0.3, 0.4) is 0 Å². The first-order valence-electron chi connectivity index (χ1n) is 5.17. The van der Waals surface area contributed by atoms with Gasteiger partial charge in [-0.3, -0.25) is 0 Å². The minimum atomic E-state index is -0.838. The van der Waals surface area contributed by atoms with Crippen LogP contribution in [0.1, 0.15) is 48.0 Å². The van der Waals surface area contributed by atoms with E-state index in [2.05, 4.69) is 0 Å². The number of aliphatic hydroxyl groups is 1. The summed E-state index contributed by atoms with van der Waals surface area (Å²) in [6.07, 6.45) is 2.57. The second kappa shape index (κ2) is 3.07. The van der Waals surface area contributed by atoms with Crippen molar-refractivity contribution in [1.29, 1.82) is 0 Å². The van der Waals surface area contributed by atoms with Gasteiger partial charge in [0.05, 0.1) is 11.2 Å². The Morgan fingerprint density at radius 2 is 1.71 bits per heavy atom. The van der Waals surface area contributed by atoms with Crippen LogP contribution in [-0.2, 0) is 4.74 Å². The zero-order valence-electron chi connectivity index (χ0n) is 10.1. The van der Waals surface area contributed by atoms with E-state index in [-0.39, 0.29) is 5.60 Å². The Morgan fingerprint density at radius 1 is 1.21 bits per heavy atom. The van der Waals surface area contributed by atoms with Gasteiger partial charge in [0.15, 0.2) is 0 Å². The molecule has 1 aliphatic heterocycles. The second-order valence-electron chi connectivity index (χ2n) is 5.69. The Labute approximate surface area is 87.0 Å². The first-order chi connectivity index (χ1) is 6.08. The highest BCUT2D eigenvalue weighted by Gasteiger charge is 2.54. The highest BCUT2D eigenvalue weighted by molar-refractivity contribution is 5.19. The molecule has 1 saturated heterocycles. The molecule has 2 nitrogen and oxygen atoms in total. The van der Waals surface area contributed by atoms with Crippen LogP contribution in [-0.4, -0.2) is 21.9 Å². The summed E-state index contributed by atoms with van der Waals surface area (Å²) in [4.78, 5) is 0. The van der Waals surface area contributed by atoms with Gasteiger partial charge in [-0.15, -0.1) is 0 Å². The van der Waals surface area contributed by atoms with E-state index in [1.165, 1.54) is 0 Å². The molecule has 1 heterocycles. The first kappa shape index (κ1) is 11.7. The van der Waals surface area contributed by atoms with Crippen LogP contribution in [0, 0.1) is 0 Å². The smallest absolute Gasteiger partial charge is 0.114 e. The fourth-order valence-electron chi connectivity index (χ4n) is 2.38. The largest absolute Gasteiger partial charge is 0.383 e. The average Bonchev–Trinajstić information content (AvgIpc) is 1.91. The second-order valence-corrected chi connectivity index (χ2v) is 5.69. The van der Waals surface area contributed by atoms with E-state index < -0.39 is 11.2 Å². The van der Waals surface area contributed by atoms with Crippen molar-refractivity contribution >= 4 is 0 Å². The summed E-state index contributed by atoms with van der Waals surface area (Å²) in [5.41, 5.74) is -0.463. The molecule has 0 spiro atoms. The van der Waals surface area contributed by atoms with Crippen molar-refractivity contribution in [3.63, 3.8) is 0 Å². The van der Waals surface area contributed by atoms with Gasteiger partial charge in [-0.25, -0.2) is 0 Å². The highest BCUT2D eigenvalue weighted by Crippen LogP contribution is 2.46. The molecule has 0 aliphatic carbocycles. The zero-order chi connectivity index (χ0) is 11.2. The molecule has 1 aliphatic rings. The lowest BCUT2D eigenvalue weighted by Crippen LogP contribution is -2.44. The summed E-state index contributed by atoms with van der Waals surface area (Å²) >= 11 is 0. The Kier molecular flexibility index (Phi) is 2.58. The molecule has 82 valence electrons. The summed E-state index contributed by atoms with van der Waals surface area (Å²) in [6.45, 7) is 11.9. The molecular formula is C12H22O2. The summed E-state index contributed by atoms with van der Waals surface area (Å²) < 4.78 is 5.86. The molecule has 1 fully saturated rings. The summed E-state index contributed by atoms with van der Waals surface area (Å²) in [5, 5.41) is 10.5. The molecule has 0 aromatic heterocycles. The van der Waals surface area contributed by atoms with Crippen LogP contribution >= 0.6 is 0 Å². The maximum atomic E-state index is 10.5. The predicted octanol–water partition coefficient (Wildman–Crippen LogP) is 2.66. The fraction of sp³-hybridized carbons (Fsp3) is 0.833. The van der Waals surface area contributed by atoms with Gasteiger partial charge in [-0.1, -0.05) is 11.6 Å². The Bertz CT molecular complexity index is 259. The van der Waals surface area contributed by atoms with Gasteiger partial charge in [-0.2, -0.15) is 0 Å². The van der Waals surface area contributed by atoms with E-state index in [1.54, 1.807) is 0 Å². The molecular weight excluding hydrogens is 176 g/mol. The zero-order valence-corrected chi connectivity index (χ0v) is 10.1. The molecule has 0 saturated carbocycles. The lowest BCUT2D eigenvalue weighted by Gasteiger charge is -2.32. The van der Waals surface area contributed by atoms with Crippen molar-refractivity contribution in [3.05, 3.63) is 11.6 Å². The number of hydrogen-bond acceptors (Lipinski definition) is 2. The van der Waals surface area contributed by atoms with Crippen molar-refractivity contribution in [2.24, 2.45) is 0 Å². The molecule has 0 amide bonds. The van der Waals surface area contributed by atoms with Gasteiger partial charge in [-0.05, 0) is 41.5 Å². The molecule has 14 heavy (non-hydrogen) atoms. The Balaban J connectivity index is 3.05. The van der Waals surface area contributed by atoms with E-state index in [4.69, 9.17) is 4.74 Å². The third kappa shape index (κ3) is 2.01. The lowest BCUT2D eigenvalue weighted by molar-refractivity contribution is -0.109. The van der Waals surface area contributed by atoms with Crippen molar-refractivity contribution < 1.29 is 9.84 Å². The van der Waals surface area contributed by atoms with Gasteiger partial charge in [0.1, 0.15) is 5.60 Å². The number of hydrogen-bond donors (Lipinski definition) is 1. The molecule has 0 radical (unpaired) electrons. The molecule has 0 bridgehead atoms. The summed E-state index contributed by atoms with van der Waals surface area (Å²) in [7, 11) is 0. The normalized spacial score (nSPS) is 34.2. The predicted molar refractivity (Wildman–Crippen MR) is 58.2 cm³/mol. The molecule has 0 aromatic carbocycles. The molecule has 2 heteroatoms. The maximum absolute atomic E-state index is 10.5. The van der Waals surface area contributed by atoms with Crippen LogP contribution in [0.4, 0.5) is 0 Å². The quantitative estimate of drug-likeness (QED) is 0.656. The minimum Gasteiger partial charge on any atom is -0.383 e. The highest BCUT2D eigenvalue weighted by atomic mass is 16.5. The molecule has 1 atom stereocenters. The summed E-state index contributed by atoms with van der Waals surface area (Å²) in [5.74, 6) is 0. The molecule has 1 rings (SSSR count). The fourth-order valence-corrected chi connectivity index (χ4v) is 2.38. The lowest BCUT2D eigenvalue weighted by atomic mass is 9.81. The third-order valence-electron chi connectivity index (χ3n) is 2.80. The molecule has 0 aromatic rings. The van der Waals surface area contributed by atoms with E-state index in [9.17, 15) is 5.11 Å². The standard InChI is InChI=1S/C12H22O2/c1-9(2)7-12(13)8-10(3,4)14-11(12,5)6/h7,13H,8H2,1-6H3. The maximum Gasteiger partial charge on any atom is 0.114 e. The van der Waals surface area contributed by atoms with E-state index in [0.717, 1.165) is 5.57 Å². The summed E-state index contributed by atoms with van der Waals surface area (Å²) in [6, 6.07) is 0. The molecule has 1 unspecified atom stereocenters. The third-order valence-corrected chi connectivity index (χ3v) is 2.80. The van der Waals surface area contributed by atoms with E-state index in [1.807, 2.05) is 47.6 Å². The van der Waals surface area contributed by atoms with Crippen molar-refractivity contribution in [2.45, 2.75) is 64.8 Å². The van der Waals surface area contributed by atoms with Gasteiger partial charge >= 0.3 is 0 Å². The monoisotopic (exact) mass is 198 g/mol. The van der Waals surface area contributed by atoms with E-state index >= 15 is 0 Å². The minimum absolute atomic E-state index is 0.246. The van der Waals surface area contributed by atoms with Crippen molar-refractivity contribution in [2.75, 3.05) is 0 Å². The van der Waals surface area contributed by atoms with E-state index in [0.29, 0.717) is 6.42 Å². The van der Waals surface area contributed by atoms with Gasteiger partial charge in [0.2, 0.25) is 0 Å². The molecule has 1 N–H and O–H groups in total. The van der Waals surface area contributed by atoms with Crippen LogP contribution in [0.2, 0.25) is 0 Å². The van der Waals surface area contributed by atoms with Crippen LogP contribution in [0.5, 0.6) is 0 Å². The Hall–Kier alpha value is -0.340.